The zero-order valence-electron chi connectivity index (χ0n) is 21.0. The number of ether oxygens (including phenoxy) is 1. The third-order valence-electron chi connectivity index (χ3n) is 5.11. The quantitative estimate of drug-likeness (QED) is 0.292. The Morgan fingerprint density at radius 3 is 2.29 bits per heavy atom. The van der Waals surface area contributed by atoms with Crippen molar-refractivity contribution >= 4 is 17.7 Å². The van der Waals surface area contributed by atoms with Gasteiger partial charge in [-0.25, -0.2) is 4.79 Å². The van der Waals surface area contributed by atoms with Gasteiger partial charge >= 0.3 is 71.5 Å². The first-order valence-electron chi connectivity index (χ1n) is 10.4. The molecule has 2 amide bonds. The number of anilines is 1. The number of nitrogens with one attached hydrogen (secondary N) is 2. The number of hydrogen-bond donors (Lipinski definition) is 2. The van der Waals surface area contributed by atoms with Gasteiger partial charge in [-0.3, -0.25) is 4.79 Å². The van der Waals surface area contributed by atoms with Gasteiger partial charge in [-0.15, -0.1) is 13.2 Å². The number of nitrogens with zero attached hydrogens (tertiary/aromatic N) is 1. The Morgan fingerprint density at radius 2 is 1.68 bits per heavy atom. The van der Waals surface area contributed by atoms with Crippen molar-refractivity contribution in [1.82, 2.24) is 9.88 Å². The molecule has 38 heavy (non-hydrogen) atoms. The monoisotopic (exact) mass is 549 g/mol. The summed E-state index contributed by atoms with van der Waals surface area (Å²) in [6, 6.07) is 9.08. The molecule has 1 aromatic heterocycles. The maximum Gasteiger partial charge on any atom is 1.00 e. The van der Waals surface area contributed by atoms with Crippen LogP contribution < -0.4 is 90.3 Å². The SMILES string of the molecule is Cc1cn(C)c(=O)c(NC(=O)N[C@@H](CC(=O)[O-])c2cccc(-c3cccc(OC(F)(F)F)c3)c2)c1[O-].[Na+].[Na+]. The molecule has 3 rings (SSSR count). The van der Waals surface area contributed by atoms with Crippen molar-refractivity contribution in [2.75, 3.05) is 5.32 Å². The molecule has 0 bridgehead atoms. The number of aliphatic carboxylic acids is 1. The van der Waals surface area contributed by atoms with E-state index in [0.717, 1.165) is 16.7 Å². The second kappa shape index (κ2) is 14.1. The van der Waals surface area contributed by atoms with Crippen LogP contribution in [0.3, 0.4) is 0 Å². The van der Waals surface area contributed by atoms with Crippen LogP contribution in [0.25, 0.3) is 11.1 Å². The molecule has 0 aliphatic heterocycles. The first-order chi connectivity index (χ1) is 16.8. The molecule has 0 saturated carbocycles. The molecule has 2 N–H and O–H groups in total. The first kappa shape index (κ1) is 33.5. The van der Waals surface area contributed by atoms with Crippen LogP contribution in [0.2, 0.25) is 0 Å². The first-order valence-corrected chi connectivity index (χ1v) is 10.4. The number of aryl methyl sites for hydroxylation is 2. The molecule has 3 aromatic rings. The molecule has 2 aromatic carbocycles. The van der Waals surface area contributed by atoms with Crippen molar-refractivity contribution < 1.29 is 96.8 Å². The summed E-state index contributed by atoms with van der Waals surface area (Å²) in [7, 11) is 1.40. The van der Waals surface area contributed by atoms with Crippen molar-refractivity contribution in [2.45, 2.75) is 25.7 Å². The minimum absolute atomic E-state index is 0. The number of carboxylic acids is 1. The number of hydrogen-bond acceptors (Lipinski definition) is 6. The van der Waals surface area contributed by atoms with E-state index >= 15 is 0 Å². The van der Waals surface area contributed by atoms with Gasteiger partial charge in [-0.05, 0) is 47.4 Å². The van der Waals surface area contributed by atoms with Crippen LogP contribution in [0.15, 0.2) is 59.5 Å². The predicted octanol–water partition coefficient (Wildman–Crippen LogP) is -3.66. The third-order valence-corrected chi connectivity index (χ3v) is 5.11. The fraction of sp³-hybridized carbons (Fsp3) is 0.208. The molecule has 0 aliphatic carbocycles. The number of aromatic nitrogens is 1. The topological polar surface area (TPSA) is 136 Å². The molecule has 190 valence electrons. The van der Waals surface area contributed by atoms with E-state index in [-0.39, 0.29) is 70.2 Å². The van der Waals surface area contributed by atoms with E-state index in [9.17, 15) is 37.8 Å². The van der Waals surface area contributed by atoms with E-state index in [1.54, 1.807) is 6.07 Å². The van der Waals surface area contributed by atoms with E-state index in [2.05, 4.69) is 15.4 Å². The molecule has 0 spiro atoms. The Hall–Kier alpha value is -2.48. The Kier molecular flexibility index (Phi) is 12.4. The van der Waals surface area contributed by atoms with Crippen LogP contribution in [0.4, 0.5) is 23.7 Å². The number of benzene rings is 2. The number of halogens is 3. The average molecular weight is 549 g/mol. The van der Waals surface area contributed by atoms with Crippen LogP contribution in [0.5, 0.6) is 11.5 Å². The third kappa shape index (κ3) is 9.07. The second-order valence-electron chi connectivity index (χ2n) is 7.86. The number of carbonyl (C=O) groups excluding carboxylic acids is 2. The molecule has 14 heteroatoms. The fourth-order valence-corrected chi connectivity index (χ4v) is 3.52. The molecule has 9 nitrogen and oxygen atoms in total. The normalized spacial score (nSPS) is 11.4. The molecule has 0 saturated heterocycles. The summed E-state index contributed by atoms with van der Waals surface area (Å²) in [4.78, 5) is 36.2. The fourth-order valence-electron chi connectivity index (χ4n) is 3.52. The van der Waals surface area contributed by atoms with Gasteiger partial charge < -0.3 is 34.9 Å². The molecule has 0 radical (unpaired) electrons. The average Bonchev–Trinajstić information content (AvgIpc) is 2.79. The summed E-state index contributed by atoms with van der Waals surface area (Å²) in [5.41, 5.74) is 0.00350. The van der Waals surface area contributed by atoms with Gasteiger partial charge in [-0.2, -0.15) is 0 Å². The molecule has 0 aliphatic rings. The standard InChI is InChI=1S/C24H22F3N3O6.2Na/c1-13-12-30(2)22(34)20(21(13)33)29-23(35)28-18(11-19(31)32)16-7-3-5-14(9-16)15-6-4-8-17(10-15)36-24(25,26)27;;/h3-10,12,18,33H,11H2,1-2H3,(H,31,32)(H2,28,29,35);;/q;2*+1/p-2/t18-;;/m0../s1. The van der Waals surface area contributed by atoms with E-state index in [0.29, 0.717) is 11.1 Å². The summed E-state index contributed by atoms with van der Waals surface area (Å²) in [6.07, 6.45) is -4.23. The summed E-state index contributed by atoms with van der Waals surface area (Å²) in [5.74, 6) is -2.63. The van der Waals surface area contributed by atoms with Crippen LogP contribution in [-0.4, -0.2) is 22.9 Å². The summed E-state index contributed by atoms with van der Waals surface area (Å²) in [6.45, 7) is 1.46. The van der Waals surface area contributed by atoms with Crippen LogP contribution >= 0.6 is 0 Å². The van der Waals surface area contributed by atoms with Crippen molar-refractivity contribution in [1.29, 1.82) is 0 Å². The summed E-state index contributed by atoms with van der Waals surface area (Å²) < 4.78 is 42.8. The zero-order chi connectivity index (χ0) is 26.6. The Labute approximate surface area is 259 Å². The molecule has 1 atom stereocenters. The number of urea groups is 1. The van der Waals surface area contributed by atoms with Crippen molar-refractivity contribution in [3.63, 3.8) is 0 Å². The van der Waals surface area contributed by atoms with E-state index in [1.165, 1.54) is 50.5 Å². The minimum Gasteiger partial charge on any atom is -0.871 e. The number of pyridine rings is 1. The Morgan fingerprint density at radius 1 is 1.08 bits per heavy atom. The predicted molar refractivity (Wildman–Crippen MR) is 119 cm³/mol. The van der Waals surface area contributed by atoms with Crippen molar-refractivity contribution in [2.24, 2.45) is 7.05 Å². The largest absolute Gasteiger partial charge is 1.00 e. The van der Waals surface area contributed by atoms with Crippen molar-refractivity contribution in [3.8, 4) is 22.6 Å². The van der Waals surface area contributed by atoms with Crippen LogP contribution in [0.1, 0.15) is 23.6 Å². The Balaban J connectivity index is 0.00000361. The number of carboxylic acid groups (broad SMARTS) is 1. The van der Waals surface area contributed by atoms with Gasteiger partial charge in [-0.1, -0.05) is 36.1 Å². The van der Waals surface area contributed by atoms with Gasteiger partial charge in [0.1, 0.15) is 11.4 Å². The van der Waals surface area contributed by atoms with Gasteiger partial charge in [0.15, 0.2) is 0 Å². The molecular weight excluding hydrogens is 529 g/mol. The molecule has 0 unspecified atom stereocenters. The molecule has 1 heterocycles. The number of carbonyl (C=O) groups is 2. The summed E-state index contributed by atoms with van der Waals surface area (Å²) >= 11 is 0. The minimum atomic E-state index is -4.88. The van der Waals surface area contributed by atoms with E-state index < -0.39 is 53.6 Å². The zero-order valence-corrected chi connectivity index (χ0v) is 25.0. The number of rotatable bonds is 7. The van der Waals surface area contributed by atoms with Crippen LogP contribution in [0, 0.1) is 6.92 Å². The Bertz CT molecular complexity index is 1360. The van der Waals surface area contributed by atoms with Crippen molar-refractivity contribution in [3.05, 3.63) is 76.2 Å². The van der Waals surface area contributed by atoms with Gasteiger partial charge in [0.05, 0.1) is 6.04 Å². The molecule has 0 fully saturated rings. The smallest absolute Gasteiger partial charge is 0.871 e. The van der Waals surface area contributed by atoms with Gasteiger partial charge in [0.2, 0.25) is 0 Å². The van der Waals surface area contributed by atoms with Gasteiger partial charge in [0.25, 0.3) is 5.56 Å². The maximum atomic E-state index is 12.6. The van der Waals surface area contributed by atoms with E-state index in [4.69, 9.17) is 0 Å². The van der Waals surface area contributed by atoms with Crippen LogP contribution in [-0.2, 0) is 11.8 Å². The van der Waals surface area contributed by atoms with E-state index in [1.807, 2.05) is 0 Å². The second-order valence-corrected chi connectivity index (χ2v) is 7.86. The molecular formula is C24H20F3N3Na2O6. The summed E-state index contributed by atoms with van der Waals surface area (Å²) in [5, 5.41) is 28.2. The maximum absolute atomic E-state index is 12.6. The van der Waals surface area contributed by atoms with Gasteiger partial charge in [0, 0.05) is 25.6 Å². The number of amides is 2. The number of alkyl halides is 3.